The predicted molar refractivity (Wildman–Crippen MR) is 43.3 cm³/mol. The highest BCUT2D eigenvalue weighted by Crippen LogP contribution is 2.11. The molecule has 0 saturated heterocycles. The molecule has 0 aliphatic carbocycles. The third-order valence-corrected chi connectivity index (χ3v) is 1.81. The van der Waals surface area contributed by atoms with Crippen molar-refractivity contribution in [3.63, 3.8) is 0 Å². The summed E-state index contributed by atoms with van der Waals surface area (Å²) >= 11 is 0. The summed E-state index contributed by atoms with van der Waals surface area (Å²) in [6, 6.07) is 0. The second-order valence-electron chi connectivity index (χ2n) is 2.22. The van der Waals surface area contributed by atoms with Crippen molar-refractivity contribution in [1.29, 1.82) is 0 Å². The summed E-state index contributed by atoms with van der Waals surface area (Å²) in [5.41, 5.74) is 2.96. The first-order valence-corrected chi connectivity index (χ1v) is 4.19. The van der Waals surface area contributed by atoms with Gasteiger partial charge in [-0.15, -0.1) is 0 Å². The smallest absolute Gasteiger partial charge is 0.128 e. The molecular formula is C5H11N3S. The fourth-order valence-electron chi connectivity index (χ4n) is 0.525. The van der Waals surface area contributed by atoms with Gasteiger partial charge in [-0.1, -0.05) is 13.8 Å². The fraction of sp³-hybridized carbons (Fsp3) is 0.600. The molecule has 2 N–H and O–H groups in total. The standard InChI is InChI=1S/C5H11N3S/c1-4(2)5-6-8-9(3)7-5/h4,8H,3H2,1-2H3,(H,6,7). The van der Waals surface area contributed by atoms with Crippen LogP contribution in [0.5, 0.6) is 0 Å². The van der Waals surface area contributed by atoms with Crippen molar-refractivity contribution in [2.24, 2.45) is 10.3 Å². The molecule has 0 aromatic heterocycles. The minimum Gasteiger partial charge on any atom is -0.298 e. The number of nitrogens with zero attached hydrogens (tertiary/aromatic N) is 1. The van der Waals surface area contributed by atoms with Crippen LogP contribution in [0.1, 0.15) is 13.8 Å². The van der Waals surface area contributed by atoms with Crippen molar-refractivity contribution >= 4 is 22.6 Å². The first-order valence-electron chi connectivity index (χ1n) is 2.84. The third-order valence-electron chi connectivity index (χ3n) is 1.05. The molecule has 1 atom stereocenters. The van der Waals surface area contributed by atoms with Crippen molar-refractivity contribution in [1.82, 2.24) is 10.3 Å². The first-order chi connectivity index (χ1) is 4.20. The van der Waals surface area contributed by atoms with Gasteiger partial charge in [0, 0.05) is 16.8 Å². The minimum absolute atomic E-state index is 0.247. The van der Waals surface area contributed by atoms with E-state index in [1.807, 2.05) is 0 Å². The summed E-state index contributed by atoms with van der Waals surface area (Å²) < 4.78 is 4.20. The zero-order valence-electron chi connectivity index (χ0n) is 5.64. The molecule has 1 heterocycles. The third kappa shape index (κ3) is 1.53. The molecule has 0 aromatic carbocycles. The van der Waals surface area contributed by atoms with E-state index in [0.717, 1.165) is 5.84 Å². The number of rotatable bonds is 1. The average Bonchev–Trinajstić information content (AvgIpc) is 2.14. The van der Waals surface area contributed by atoms with Gasteiger partial charge in [0.25, 0.3) is 0 Å². The number of nitrogens with one attached hydrogen (secondary N) is 2. The molecule has 9 heavy (non-hydrogen) atoms. The van der Waals surface area contributed by atoms with Crippen LogP contribution in [0.25, 0.3) is 0 Å². The Bertz CT molecular complexity index is 162. The summed E-state index contributed by atoms with van der Waals surface area (Å²) in [6.07, 6.45) is 0. The van der Waals surface area contributed by atoms with Crippen LogP contribution in [0.2, 0.25) is 0 Å². The van der Waals surface area contributed by atoms with Crippen LogP contribution in [0.3, 0.4) is 0 Å². The molecule has 0 bridgehead atoms. The Morgan fingerprint density at radius 3 is 2.56 bits per heavy atom. The van der Waals surface area contributed by atoms with Gasteiger partial charge in [-0.05, 0) is 5.87 Å². The Kier molecular flexibility index (Phi) is 1.87. The second kappa shape index (κ2) is 2.49. The molecule has 4 heteroatoms. The van der Waals surface area contributed by atoms with Crippen LogP contribution in [0, 0.1) is 5.92 Å². The predicted octanol–water partition coefficient (Wildman–Crippen LogP) is 0.680. The van der Waals surface area contributed by atoms with Crippen molar-refractivity contribution < 1.29 is 0 Å². The molecule has 3 nitrogen and oxygen atoms in total. The summed E-state index contributed by atoms with van der Waals surface area (Å²) in [7, 11) is -0.247. The number of amidine groups is 1. The SMILES string of the molecule is C=S1N=C(C(C)C)NN1. The van der Waals surface area contributed by atoms with Gasteiger partial charge in [-0.3, -0.25) is 5.43 Å². The van der Waals surface area contributed by atoms with E-state index in [9.17, 15) is 0 Å². The highest BCUT2D eigenvalue weighted by atomic mass is 32.2. The monoisotopic (exact) mass is 145 g/mol. The Labute approximate surface area is 57.7 Å². The normalized spacial score (nSPS) is 26.1. The topological polar surface area (TPSA) is 36.4 Å². The summed E-state index contributed by atoms with van der Waals surface area (Å²) in [5.74, 6) is 5.21. The Morgan fingerprint density at radius 2 is 2.33 bits per heavy atom. The van der Waals surface area contributed by atoms with Crippen molar-refractivity contribution in [2.75, 3.05) is 0 Å². The molecule has 0 radical (unpaired) electrons. The molecule has 0 amide bonds. The lowest BCUT2D eigenvalue weighted by Crippen LogP contribution is -2.30. The lowest BCUT2D eigenvalue weighted by atomic mass is 10.2. The highest BCUT2D eigenvalue weighted by Gasteiger charge is 2.09. The molecule has 1 aliphatic heterocycles. The van der Waals surface area contributed by atoms with Gasteiger partial charge >= 0.3 is 0 Å². The van der Waals surface area contributed by atoms with E-state index in [1.54, 1.807) is 0 Å². The van der Waals surface area contributed by atoms with Crippen LogP contribution < -0.4 is 10.3 Å². The quantitative estimate of drug-likeness (QED) is 0.532. The lowest BCUT2D eigenvalue weighted by molar-refractivity contribution is 0.805. The maximum absolute atomic E-state index is 4.20. The van der Waals surface area contributed by atoms with Crippen LogP contribution in [0.4, 0.5) is 0 Å². The lowest BCUT2D eigenvalue weighted by Gasteiger charge is -2.01. The van der Waals surface area contributed by atoms with E-state index >= 15 is 0 Å². The maximum Gasteiger partial charge on any atom is 0.128 e. The number of hydrogen-bond acceptors (Lipinski definition) is 3. The highest BCUT2D eigenvalue weighted by molar-refractivity contribution is 8.11. The van der Waals surface area contributed by atoms with Gasteiger partial charge in [-0.25, -0.2) is 0 Å². The van der Waals surface area contributed by atoms with E-state index in [0.29, 0.717) is 5.92 Å². The van der Waals surface area contributed by atoms with E-state index in [-0.39, 0.29) is 10.9 Å². The van der Waals surface area contributed by atoms with Gasteiger partial charge in [0.1, 0.15) is 5.84 Å². The number of hydrazine groups is 1. The Hall–Kier alpha value is -0.350. The van der Waals surface area contributed by atoms with Crippen LogP contribution >= 0.6 is 10.9 Å². The summed E-state index contributed by atoms with van der Waals surface area (Å²) in [4.78, 5) is 2.91. The Morgan fingerprint density at radius 1 is 1.67 bits per heavy atom. The summed E-state index contributed by atoms with van der Waals surface area (Å²) in [6.45, 7) is 4.19. The number of hydrogen-bond donors (Lipinski definition) is 2. The molecule has 1 aliphatic rings. The summed E-state index contributed by atoms with van der Waals surface area (Å²) in [5, 5.41) is 0. The minimum atomic E-state index is -0.247. The van der Waals surface area contributed by atoms with E-state index in [1.165, 1.54) is 0 Å². The Balaban J connectivity index is 2.62. The van der Waals surface area contributed by atoms with Gasteiger partial charge in [0.2, 0.25) is 0 Å². The van der Waals surface area contributed by atoms with Crippen molar-refractivity contribution in [2.45, 2.75) is 13.8 Å². The van der Waals surface area contributed by atoms with Gasteiger partial charge in [0.05, 0.1) is 0 Å². The molecule has 1 rings (SSSR count). The largest absolute Gasteiger partial charge is 0.298 e. The first kappa shape index (κ1) is 6.77. The zero-order chi connectivity index (χ0) is 6.85. The maximum atomic E-state index is 4.20. The van der Waals surface area contributed by atoms with E-state index in [4.69, 9.17) is 0 Å². The zero-order valence-corrected chi connectivity index (χ0v) is 6.46. The van der Waals surface area contributed by atoms with Gasteiger partial charge in [0.15, 0.2) is 0 Å². The van der Waals surface area contributed by atoms with E-state index in [2.05, 4.69) is 34.4 Å². The van der Waals surface area contributed by atoms with Gasteiger partial charge in [-0.2, -0.15) is 9.23 Å². The van der Waals surface area contributed by atoms with Crippen LogP contribution in [-0.2, 0) is 0 Å². The molecular weight excluding hydrogens is 134 g/mol. The molecule has 0 aromatic rings. The average molecular weight is 145 g/mol. The fourth-order valence-corrected chi connectivity index (χ4v) is 1.29. The van der Waals surface area contributed by atoms with Crippen LogP contribution in [-0.4, -0.2) is 11.7 Å². The van der Waals surface area contributed by atoms with Crippen molar-refractivity contribution in [3.05, 3.63) is 0 Å². The molecule has 52 valence electrons. The van der Waals surface area contributed by atoms with Crippen LogP contribution in [0.15, 0.2) is 4.40 Å². The molecule has 1 unspecified atom stereocenters. The molecule has 0 saturated carbocycles. The molecule has 0 spiro atoms. The molecule has 0 fully saturated rings. The second-order valence-corrected chi connectivity index (χ2v) is 3.34. The van der Waals surface area contributed by atoms with Crippen molar-refractivity contribution in [3.8, 4) is 0 Å². The van der Waals surface area contributed by atoms with Gasteiger partial charge < -0.3 is 0 Å². The van der Waals surface area contributed by atoms with E-state index < -0.39 is 0 Å².